The van der Waals surface area contributed by atoms with E-state index in [1.54, 1.807) is 0 Å². The van der Waals surface area contributed by atoms with Crippen molar-refractivity contribution in [3.63, 3.8) is 0 Å². The lowest BCUT2D eigenvalue weighted by atomic mass is 9.87. The Morgan fingerprint density at radius 3 is 2.30 bits per heavy atom. The minimum absolute atomic E-state index is 0.0708. The van der Waals surface area contributed by atoms with Crippen LogP contribution in [0.15, 0.2) is 30.3 Å². The Hall–Kier alpha value is -1.35. The average molecular weight is 276 g/mol. The highest BCUT2D eigenvalue weighted by atomic mass is 16.2. The number of nitrogens with zero attached hydrogens (tertiary/aromatic N) is 1. The number of nitrogens with two attached hydrogens (primary N) is 1. The highest BCUT2D eigenvalue weighted by Crippen LogP contribution is 2.24. The van der Waals surface area contributed by atoms with E-state index in [2.05, 4.69) is 27.7 Å². The van der Waals surface area contributed by atoms with Crippen molar-refractivity contribution in [1.82, 2.24) is 4.90 Å². The second-order valence-electron chi connectivity index (χ2n) is 6.60. The van der Waals surface area contributed by atoms with Crippen molar-refractivity contribution in [1.29, 1.82) is 0 Å². The fourth-order valence-electron chi connectivity index (χ4n) is 2.12. The Labute approximate surface area is 123 Å². The molecular weight excluding hydrogens is 248 g/mol. The highest BCUT2D eigenvalue weighted by molar-refractivity contribution is 5.76. The molecule has 0 aliphatic heterocycles. The third-order valence-electron chi connectivity index (χ3n) is 4.12. The van der Waals surface area contributed by atoms with Crippen molar-refractivity contribution in [3.8, 4) is 0 Å². The third kappa shape index (κ3) is 4.64. The van der Waals surface area contributed by atoms with E-state index in [1.807, 2.05) is 42.3 Å². The van der Waals surface area contributed by atoms with Crippen LogP contribution in [-0.4, -0.2) is 23.9 Å². The van der Waals surface area contributed by atoms with Crippen LogP contribution in [0.2, 0.25) is 0 Å². The fraction of sp³-hybridized carbons (Fsp3) is 0.588. The first-order chi connectivity index (χ1) is 9.23. The first-order valence-electron chi connectivity index (χ1n) is 7.29. The van der Waals surface area contributed by atoms with Crippen LogP contribution >= 0.6 is 0 Å². The number of carbonyl (C=O) groups is 1. The summed E-state index contributed by atoms with van der Waals surface area (Å²) < 4.78 is 0. The van der Waals surface area contributed by atoms with Gasteiger partial charge >= 0.3 is 0 Å². The minimum Gasteiger partial charge on any atom is -0.343 e. The molecule has 1 rings (SSSR count). The van der Waals surface area contributed by atoms with Crippen LogP contribution < -0.4 is 5.73 Å². The van der Waals surface area contributed by atoms with E-state index >= 15 is 0 Å². The molecule has 0 radical (unpaired) electrons. The van der Waals surface area contributed by atoms with E-state index < -0.39 is 0 Å². The van der Waals surface area contributed by atoms with Crippen LogP contribution in [0.25, 0.3) is 0 Å². The van der Waals surface area contributed by atoms with Crippen LogP contribution in [0.4, 0.5) is 0 Å². The molecule has 0 aliphatic carbocycles. The maximum Gasteiger partial charge on any atom is 0.222 e. The zero-order valence-electron chi connectivity index (χ0n) is 13.4. The molecule has 0 bridgehead atoms. The Morgan fingerprint density at radius 1 is 1.25 bits per heavy atom. The first-order valence-corrected chi connectivity index (χ1v) is 7.29. The van der Waals surface area contributed by atoms with Gasteiger partial charge in [-0.25, -0.2) is 0 Å². The van der Waals surface area contributed by atoms with E-state index in [0.717, 1.165) is 5.56 Å². The lowest BCUT2D eigenvalue weighted by molar-refractivity contribution is -0.133. The van der Waals surface area contributed by atoms with Gasteiger partial charge in [0.25, 0.3) is 0 Å². The van der Waals surface area contributed by atoms with Crippen LogP contribution in [-0.2, 0) is 4.79 Å². The van der Waals surface area contributed by atoms with Gasteiger partial charge in [-0.1, -0.05) is 51.1 Å². The van der Waals surface area contributed by atoms with Gasteiger partial charge in [-0.05, 0) is 24.3 Å². The first kappa shape index (κ1) is 16.7. The van der Waals surface area contributed by atoms with Gasteiger partial charge < -0.3 is 10.6 Å². The molecule has 1 aromatic carbocycles. The van der Waals surface area contributed by atoms with Crippen molar-refractivity contribution in [2.75, 3.05) is 7.05 Å². The molecule has 0 spiro atoms. The zero-order chi connectivity index (χ0) is 15.3. The van der Waals surface area contributed by atoms with Crippen molar-refractivity contribution in [2.45, 2.75) is 52.6 Å². The Kier molecular flexibility index (Phi) is 5.75. The number of rotatable bonds is 5. The van der Waals surface area contributed by atoms with Gasteiger partial charge in [0, 0.05) is 25.6 Å². The lowest BCUT2D eigenvalue weighted by Gasteiger charge is -2.35. The molecule has 0 fully saturated rings. The van der Waals surface area contributed by atoms with Crippen LogP contribution in [0, 0.1) is 5.41 Å². The third-order valence-corrected chi connectivity index (χ3v) is 4.12. The lowest BCUT2D eigenvalue weighted by Crippen LogP contribution is -2.43. The van der Waals surface area contributed by atoms with Crippen LogP contribution in [0.5, 0.6) is 0 Å². The monoisotopic (exact) mass is 276 g/mol. The van der Waals surface area contributed by atoms with E-state index in [4.69, 9.17) is 5.73 Å². The molecule has 0 aliphatic rings. The summed E-state index contributed by atoms with van der Waals surface area (Å²) in [6, 6.07) is 10.1. The fourth-order valence-corrected chi connectivity index (χ4v) is 2.12. The molecule has 3 heteroatoms. The van der Waals surface area contributed by atoms with Crippen LogP contribution in [0.1, 0.15) is 52.1 Å². The molecular formula is C17H28N2O. The summed E-state index contributed by atoms with van der Waals surface area (Å²) in [5.74, 6) is 0.166. The van der Waals surface area contributed by atoms with Gasteiger partial charge in [-0.3, -0.25) is 4.79 Å². The number of benzene rings is 1. The quantitative estimate of drug-likeness (QED) is 0.896. The molecule has 0 aromatic heterocycles. The standard InChI is InChI=1S/C17H28N2O/c1-13(17(2,3)4)19(5)16(20)12-11-15(18)14-9-7-6-8-10-14/h6-10,13,15H,11-12,18H2,1-5H3. The van der Waals surface area contributed by atoms with Crippen molar-refractivity contribution in [3.05, 3.63) is 35.9 Å². The predicted octanol–water partition coefficient (Wildman–Crippen LogP) is 3.36. The maximum absolute atomic E-state index is 12.2. The number of amides is 1. The van der Waals surface area contributed by atoms with Gasteiger partial charge in [0.15, 0.2) is 0 Å². The van der Waals surface area contributed by atoms with Gasteiger partial charge in [-0.15, -0.1) is 0 Å². The number of hydrogen-bond acceptors (Lipinski definition) is 2. The van der Waals surface area contributed by atoms with E-state index in [9.17, 15) is 4.79 Å². The second-order valence-corrected chi connectivity index (χ2v) is 6.60. The SMILES string of the molecule is CC(N(C)C(=O)CCC(N)c1ccccc1)C(C)(C)C. The largest absolute Gasteiger partial charge is 0.343 e. The molecule has 0 saturated heterocycles. The van der Waals surface area contributed by atoms with Crippen molar-refractivity contribution >= 4 is 5.91 Å². The Balaban J connectivity index is 2.51. The van der Waals surface area contributed by atoms with Gasteiger partial charge in [0.2, 0.25) is 5.91 Å². The Morgan fingerprint density at radius 2 is 1.80 bits per heavy atom. The smallest absolute Gasteiger partial charge is 0.222 e. The van der Waals surface area contributed by atoms with Crippen molar-refractivity contribution in [2.24, 2.45) is 11.1 Å². The topological polar surface area (TPSA) is 46.3 Å². The van der Waals surface area contributed by atoms with Crippen molar-refractivity contribution < 1.29 is 4.79 Å². The van der Waals surface area contributed by atoms with E-state index in [0.29, 0.717) is 12.8 Å². The van der Waals surface area contributed by atoms with Gasteiger partial charge in [-0.2, -0.15) is 0 Å². The molecule has 1 amide bonds. The molecule has 3 nitrogen and oxygen atoms in total. The second kappa shape index (κ2) is 6.89. The average Bonchev–Trinajstić information content (AvgIpc) is 2.42. The summed E-state index contributed by atoms with van der Waals surface area (Å²) >= 11 is 0. The van der Waals surface area contributed by atoms with Gasteiger partial charge in [0.05, 0.1) is 0 Å². The number of hydrogen-bond donors (Lipinski definition) is 1. The van der Waals surface area contributed by atoms with Gasteiger partial charge in [0.1, 0.15) is 0 Å². The summed E-state index contributed by atoms with van der Waals surface area (Å²) in [5.41, 5.74) is 7.31. The minimum atomic E-state index is -0.0708. The molecule has 2 atom stereocenters. The zero-order valence-corrected chi connectivity index (χ0v) is 13.4. The molecule has 0 saturated carbocycles. The Bertz CT molecular complexity index is 422. The number of carbonyl (C=O) groups excluding carboxylic acids is 1. The summed E-state index contributed by atoms with van der Waals surface area (Å²) in [7, 11) is 1.88. The summed E-state index contributed by atoms with van der Waals surface area (Å²) in [6.45, 7) is 8.54. The van der Waals surface area contributed by atoms with Crippen LogP contribution in [0.3, 0.4) is 0 Å². The normalized spacial score (nSPS) is 14.7. The van der Waals surface area contributed by atoms with E-state index in [-0.39, 0.29) is 23.4 Å². The molecule has 112 valence electrons. The highest BCUT2D eigenvalue weighted by Gasteiger charge is 2.26. The molecule has 0 heterocycles. The summed E-state index contributed by atoms with van der Waals surface area (Å²) in [5, 5.41) is 0. The predicted molar refractivity (Wildman–Crippen MR) is 84.3 cm³/mol. The van der Waals surface area contributed by atoms with E-state index in [1.165, 1.54) is 0 Å². The summed E-state index contributed by atoms with van der Waals surface area (Å²) in [4.78, 5) is 14.1. The molecule has 20 heavy (non-hydrogen) atoms. The molecule has 2 unspecified atom stereocenters. The maximum atomic E-state index is 12.2. The molecule has 2 N–H and O–H groups in total. The molecule has 1 aromatic rings. The summed E-state index contributed by atoms with van der Waals surface area (Å²) in [6.07, 6.45) is 1.18.